The van der Waals surface area contributed by atoms with E-state index in [4.69, 9.17) is 4.74 Å². The first-order valence-electron chi connectivity index (χ1n) is 6.14. The molecule has 1 aromatic carbocycles. The molecular formula is C13H21NO3S. The Morgan fingerprint density at radius 1 is 1.22 bits per heavy atom. The van der Waals surface area contributed by atoms with Crippen molar-refractivity contribution < 1.29 is 13.2 Å². The summed E-state index contributed by atoms with van der Waals surface area (Å²) < 4.78 is 28.0. The van der Waals surface area contributed by atoms with Gasteiger partial charge in [0, 0.05) is 12.3 Å². The number of hydrogen-bond donors (Lipinski definition) is 1. The molecule has 0 aliphatic rings. The summed E-state index contributed by atoms with van der Waals surface area (Å²) in [5, 5.41) is 3.07. The third kappa shape index (κ3) is 5.51. The minimum Gasteiger partial charge on any atom is -0.494 e. The fourth-order valence-corrected chi connectivity index (χ4v) is 2.37. The molecule has 0 spiro atoms. The number of ether oxygens (including phenoxy) is 1. The van der Waals surface area contributed by atoms with Crippen LogP contribution in [0.25, 0.3) is 0 Å². The second-order valence-electron chi connectivity index (χ2n) is 4.11. The summed E-state index contributed by atoms with van der Waals surface area (Å²) in [5.41, 5.74) is 1.19. The Morgan fingerprint density at radius 3 is 2.44 bits per heavy atom. The lowest BCUT2D eigenvalue weighted by atomic mass is 10.2. The van der Waals surface area contributed by atoms with Gasteiger partial charge in [-0.05, 0) is 31.2 Å². The molecule has 0 amide bonds. The molecule has 0 saturated carbocycles. The standard InChI is InChI=1S/C13H21NO3S/c1-3-18(15,16)10-4-9-17-13-7-5-12(6-8-13)11-14-2/h5-8,14H,3-4,9-11H2,1-2H3. The van der Waals surface area contributed by atoms with E-state index in [0.29, 0.717) is 13.0 Å². The zero-order valence-corrected chi connectivity index (χ0v) is 11.8. The van der Waals surface area contributed by atoms with Crippen LogP contribution in [-0.4, -0.2) is 33.6 Å². The highest BCUT2D eigenvalue weighted by Crippen LogP contribution is 2.12. The summed E-state index contributed by atoms with van der Waals surface area (Å²) in [6, 6.07) is 7.80. The Morgan fingerprint density at radius 2 is 1.89 bits per heavy atom. The van der Waals surface area contributed by atoms with Crippen molar-refractivity contribution in [3.8, 4) is 5.75 Å². The van der Waals surface area contributed by atoms with Gasteiger partial charge < -0.3 is 10.1 Å². The van der Waals surface area contributed by atoms with Crippen molar-refractivity contribution in [1.82, 2.24) is 5.32 Å². The molecule has 1 rings (SSSR count). The molecule has 0 aromatic heterocycles. The number of benzene rings is 1. The van der Waals surface area contributed by atoms with Crippen LogP contribution in [0.1, 0.15) is 18.9 Å². The van der Waals surface area contributed by atoms with Crippen LogP contribution in [-0.2, 0) is 16.4 Å². The smallest absolute Gasteiger partial charge is 0.150 e. The monoisotopic (exact) mass is 271 g/mol. The van der Waals surface area contributed by atoms with E-state index < -0.39 is 9.84 Å². The summed E-state index contributed by atoms with van der Waals surface area (Å²) in [7, 11) is -0.975. The van der Waals surface area contributed by atoms with E-state index in [9.17, 15) is 8.42 Å². The first-order chi connectivity index (χ1) is 8.57. The maximum Gasteiger partial charge on any atom is 0.150 e. The van der Waals surface area contributed by atoms with Gasteiger partial charge in [-0.25, -0.2) is 8.42 Å². The first-order valence-corrected chi connectivity index (χ1v) is 7.96. The maximum absolute atomic E-state index is 11.3. The highest BCUT2D eigenvalue weighted by molar-refractivity contribution is 7.91. The topological polar surface area (TPSA) is 55.4 Å². The Kier molecular flexibility index (Phi) is 6.15. The molecule has 1 N–H and O–H groups in total. The Hall–Kier alpha value is -1.07. The van der Waals surface area contributed by atoms with Crippen LogP contribution in [0, 0.1) is 0 Å². The van der Waals surface area contributed by atoms with Gasteiger partial charge in [0.1, 0.15) is 15.6 Å². The lowest BCUT2D eigenvalue weighted by Gasteiger charge is -2.07. The van der Waals surface area contributed by atoms with Crippen LogP contribution in [0.5, 0.6) is 5.75 Å². The van der Waals surface area contributed by atoms with E-state index in [0.717, 1.165) is 12.3 Å². The second-order valence-corrected chi connectivity index (χ2v) is 6.59. The van der Waals surface area contributed by atoms with Crippen LogP contribution < -0.4 is 10.1 Å². The SMILES string of the molecule is CCS(=O)(=O)CCCOc1ccc(CNC)cc1. The van der Waals surface area contributed by atoms with Gasteiger partial charge in [-0.3, -0.25) is 0 Å². The van der Waals surface area contributed by atoms with Crippen LogP contribution in [0.15, 0.2) is 24.3 Å². The quantitative estimate of drug-likeness (QED) is 0.730. The third-order valence-corrected chi connectivity index (χ3v) is 4.40. The van der Waals surface area contributed by atoms with E-state index in [1.165, 1.54) is 5.56 Å². The average Bonchev–Trinajstić information content (AvgIpc) is 2.37. The molecule has 0 saturated heterocycles. The maximum atomic E-state index is 11.3. The van der Waals surface area contributed by atoms with Gasteiger partial charge in [0.05, 0.1) is 12.4 Å². The van der Waals surface area contributed by atoms with Gasteiger partial charge in [0.2, 0.25) is 0 Å². The predicted octanol–water partition coefficient (Wildman–Crippen LogP) is 1.61. The Labute approximate surface area is 109 Å². The zero-order chi connectivity index (χ0) is 13.4. The molecule has 18 heavy (non-hydrogen) atoms. The van der Waals surface area contributed by atoms with Crippen molar-refractivity contribution in [3.05, 3.63) is 29.8 Å². The lowest BCUT2D eigenvalue weighted by molar-refractivity contribution is 0.317. The fourth-order valence-electron chi connectivity index (χ4n) is 1.52. The molecule has 1 aromatic rings. The summed E-state index contributed by atoms with van der Waals surface area (Å²) in [6.07, 6.45) is 0.536. The van der Waals surface area contributed by atoms with Crippen molar-refractivity contribution in [1.29, 1.82) is 0 Å². The molecule has 0 fully saturated rings. The van der Waals surface area contributed by atoms with Gasteiger partial charge in [-0.15, -0.1) is 0 Å². The molecule has 0 bridgehead atoms. The number of nitrogens with one attached hydrogen (secondary N) is 1. The fraction of sp³-hybridized carbons (Fsp3) is 0.538. The van der Waals surface area contributed by atoms with Crippen molar-refractivity contribution in [2.24, 2.45) is 0 Å². The molecule has 0 unspecified atom stereocenters. The normalized spacial score (nSPS) is 11.4. The van der Waals surface area contributed by atoms with Crippen LogP contribution in [0.4, 0.5) is 0 Å². The number of rotatable bonds is 8. The zero-order valence-electron chi connectivity index (χ0n) is 11.0. The number of hydrogen-bond acceptors (Lipinski definition) is 4. The highest BCUT2D eigenvalue weighted by atomic mass is 32.2. The molecule has 0 heterocycles. The Bertz CT molecular complexity index is 440. The molecule has 5 heteroatoms. The third-order valence-electron chi connectivity index (χ3n) is 2.61. The van der Waals surface area contributed by atoms with Crippen molar-refractivity contribution in [2.75, 3.05) is 25.2 Å². The van der Waals surface area contributed by atoms with Gasteiger partial charge in [-0.1, -0.05) is 19.1 Å². The van der Waals surface area contributed by atoms with E-state index >= 15 is 0 Å². The highest BCUT2D eigenvalue weighted by Gasteiger charge is 2.06. The minimum absolute atomic E-state index is 0.196. The van der Waals surface area contributed by atoms with Crippen LogP contribution in [0.3, 0.4) is 0 Å². The first kappa shape index (κ1) is 15.0. The van der Waals surface area contributed by atoms with Gasteiger partial charge in [0.25, 0.3) is 0 Å². The summed E-state index contributed by atoms with van der Waals surface area (Å²) >= 11 is 0. The molecule has 0 atom stereocenters. The average molecular weight is 271 g/mol. The molecule has 102 valence electrons. The molecule has 4 nitrogen and oxygen atoms in total. The summed E-state index contributed by atoms with van der Waals surface area (Å²) in [4.78, 5) is 0. The Balaban J connectivity index is 2.31. The van der Waals surface area contributed by atoms with Crippen LogP contribution >= 0.6 is 0 Å². The summed E-state index contributed by atoms with van der Waals surface area (Å²) in [5.74, 6) is 1.18. The molecule has 0 aliphatic heterocycles. The van der Waals surface area contributed by atoms with Crippen molar-refractivity contribution in [3.63, 3.8) is 0 Å². The van der Waals surface area contributed by atoms with Gasteiger partial charge >= 0.3 is 0 Å². The van der Waals surface area contributed by atoms with E-state index in [2.05, 4.69) is 5.32 Å². The lowest BCUT2D eigenvalue weighted by Crippen LogP contribution is -2.11. The van der Waals surface area contributed by atoms with Crippen LogP contribution in [0.2, 0.25) is 0 Å². The second kappa shape index (κ2) is 7.38. The predicted molar refractivity (Wildman–Crippen MR) is 73.6 cm³/mol. The van der Waals surface area contributed by atoms with Gasteiger partial charge in [-0.2, -0.15) is 0 Å². The minimum atomic E-state index is -2.88. The number of sulfone groups is 1. The molecule has 0 aliphatic carbocycles. The molecule has 0 radical (unpaired) electrons. The van der Waals surface area contributed by atoms with E-state index in [1.807, 2.05) is 31.3 Å². The van der Waals surface area contributed by atoms with Crippen molar-refractivity contribution in [2.45, 2.75) is 19.9 Å². The molecular weight excluding hydrogens is 250 g/mol. The van der Waals surface area contributed by atoms with E-state index in [-0.39, 0.29) is 11.5 Å². The largest absolute Gasteiger partial charge is 0.494 e. The van der Waals surface area contributed by atoms with Gasteiger partial charge in [0.15, 0.2) is 0 Å². The van der Waals surface area contributed by atoms with E-state index in [1.54, 1.807) is 6.92 Å². The summed E-state index contributed by atoms with van der Waals surface area (Å²) in [6.45, 7) is 2.93. The van der Waals surface area contributed by atoms with Crippen molar-refractivity contribution >= 4 is 9.84 Å².